The number of halogens is 1. The zero-order valence-electron chi connectivity index (χ0n) is 11.6. The molecule has 3 rings (SSSR count). The van der Waals surface area contributed by atoms with Crippen LogP contribution in [-0.4, -0.2) is 10.4 Å². The van der Waals surface area contributed by atoms with Gasteiger partial charge in [0.05, 0.1) is 11.6 Å². The molecule has 0 radical (unpaired) electrons. The second kappa shape index (κ2) is 5.75. The van der Waals surface area contributed by atoms with Gasteiger partial charge in [0.25, 0.3) is 0 Å². The van der Waals surface area contributed by atoms with Crippen molar-refractivity contribution >= 4 is 17.4 Å². The van der Waals surface area contributed by atoms with Crippen LogP contribution in [0.2, 0.25) is 5.02 Å². The number of rotatable bonds is 2. The smallest absolute Gasteiger partial charge is 0.164 e. The molecule has 1 heterocycles. The van der Waals surface area contributed by atoms with Crippen LogP contribution in [0, 0.1) is 11.3 Å². The van der Waals surface area contributed by atoms with Crippen molar-refractivity contribution in [1.29, 1.82) is 5.26 Å². The third-order valence-corrected chi connectivity index (χ3v) is 4.25. The number of nitriles is 1. The maximum atomic E-state index is 12.0. The lowest BCUT2D eigenvalue weighted by Crippen LogP contribution is -1.99. The van der Waals surface area contributed by atoms with Crippen LogP contribution in [0.5, 0.6) is 0 Å². The van der Waals surface area contributed by atoms with Crippen molar-refractivity contribution in [3.05, 3.63) is 57.9 Å². The number of benzene rings is 1. The minimum Gasteiger partial charge on any atom is -0.349 e. The summed E-state index contributed by atoms with van der Waals surface area (Å²) in [6, 6.07) is 7.39. The molecule has 1 aliphatic rings. The van der Waals surface area contributed by atoms with Crippen LogP contribution >= 0.6 is 11.6 Å². The molecule has 4 heteroatoms. The molecule has 0 bridgehead atoms. The minimum absolute atomic E-state index is 0.243. The molecule has 0 amide bonds. The number of hydrogen-bond acceptors (Lipinski definition) is 2. The van der Waals surface area contributed by atoms with Crippen molar-refractivity contribution in [3.63, 3.8) is 0 Å². The van der Waals surface area contributed by atoms with Gasteiger partial charge in [-0.2, -0.15) is 5.26 Å². The van der Waals surface area contributed by atoms with Crippen molar-refractivity contribution in [2.45, 2.75) is 32.2 Å². The highest BCUT2D eigenvalue weighted by Gasteiger charge is 2.17. The lowest BCUT2D eigenvalue weighted by atomic mass is 10.1. The number of carbonyl (C=O) groups excluding carboxylic acids is 1. The lowest BCUT2D eigenvalue weighted by Gasteiger charge is -2.06. The Bertz CT molecular complexity index is 740. The van der Waals surface area contributed by atoms with Crippen LogP contribution in [0.25, 0.3) is 0 Å². The van der Waals surface area contributed by atoms with Gasteiger partial charge in [0, 0.05) is 35.9 Å². The van der Waals surface area contributed by atoms with Gasteiger partial charge >= 0.3 is 0 Å². The van der Waals surface area contributed by atoms with E-state index in [1.165, 1.54) is 0 Å². The number of fused-ring (bicyclic) bond motifs is 1. The van der Waals surface area contributed by atoms with Crippen LogP contribution in [-0.2, 0) is 13.0 Å². The Morgan fingerprint density at radius 2 is 2.05 bits per heavy atom. The second-order valence-corrected chi connectivity index (χ2v) is 5.82. The summed E-state index contributed by atoms with van der Waals surface area (Å²) in [5, 5.41) is 9.44. The zero-order valence-corrected chi connectivity index (χ0v) is 12.4. The molecular formula is C17H15ClN2O. The van der Waals surface area contributed by atoms with Gasteiger partial charge in [-0.05, 0) is 42.5 Å². The Balaban J connectivity index is 1.88. The van der Waals surface area contributed by atoms with Crippen molar-refractivity contribution in [1.82, 2.24) is 4.57 Å². The van der Waals surface area contributed by atoms with Gasteiger partial charge in [-0.25, -0.2) is 0 Å². The third-order valence-electron chi connectivity index (χ3n) is 3.90. The Hall–Kier alpha value is -2.05. The fourth-order valence-corrected chi connectivity index (χ4v) is 3.02. The van der Waals surface area contributed by atoms with E-state index in [2.05, 4.69) is 6.07 Å². The summed E-state index contributed by atoms with van der Waals surface area (Å²) >= 11 is 6.21. The molecule has 0 atom stereocenters. The first-order valence-electron chi connectivity index (χ1n) is 7.08. The Kier molecular flexibility index (Phi) is 3.81. The van der Waals surface area contributed by atoms with Crippen molar-refractivity contribution in [2.24, 2.45) is 0 Å². The van der Waals surface area contributed by atoms with E-state index in [1.807, 2.05) is 23.0 Å². The fraction of sp³-hybridized carbons (Fsp3) is 0.294. The summed E-state index contributed by atoms with van der Waals surface area (Å²) in [5.74, 6) is 0.243. The van der Waals surface area contributed by atoms with Crippen molar-refractivity contribution in [3.8, 4) is 6.07 Å². The molecule has 0 spiro atoms. The molecule has 0 fully saturated rings. The number of nitrogens with zero attached hydrogens (tertiary/aromatic N) is 2. The SMILES string of the molecule is N#Cc1ccc(Cn2cc3c(c2)C(=O)CCCC3)c(Cl)c1. The largest absolute Gasteiger partial charge is 0.349 e. The van der Waals surface area contributed by atoms with Gasteiger partial charge in [-0.1, -0.05) is 17.7 Å². The Morgan fingerprint density at radius 1 is 1.24 bits per heavy atom. The average Bonchev–Trinajstić information content (AvgIpc) is 2.81. The molecule has 0 unspecified atom stereocenters. The van der Waals surface area contributed by atoms with E-state index in [0.717, 1.165) is 36.0 Å². The Morgan fingerprint density at radius 3 is 2.81 bits per heavy atom. The molecule has 21 heavy (non-hydrogen) atoms. The molecule has 1 aliphatic carbocycles. The lowest BCUT2D eigenvalue weighted by molar-refractivity contribution is 0.0982. The van der Waals surface area contributed by atoms with E-state index in [4.69, 9.17) is 16.9 Å². The number of aryl methyl sites for hydroxylation is 1. The summed E-state index contributed by atoms with van der Waals surface area (Å²) in [7, 11) is 0. The molecule has 0 aliphatic heterocycles. The van der Waals surface area contributed by atoms with Crippen molar-refractivity contribution < 1.29 is 4.79 Å². The topological polar surface area (TPSA) is 45.8 Å². The standard InChI is InChI=1S/C17H15ClN2O/c18-16-7-12(8-19)5-6-14(16)10-20-9-13-3-1-2-4-17(21)15(13)11-20/h5-7,9,11H,1-4,10H2. The fourth-order valence-electron chi connectivity index (χ4n) is 2.77. The Labute approximate surface area is 128 Å². The molecule has 1 aromatic heterocycles. The number of carbonyl (C=O) groups is 1. The van der Waals surface area contributed by atoms with Gasteiger partial charge in [0.15, 0.2) is 5.78 Å². The molecule has 1 aromatic carbocycles. The van der Waals surface area contributed by atoms with Crippen LogP contribution in [0.1, 0.15) is 46.3 Å². The second-order valence-electron chi connectivity index (χ2n) is 5.42. The minimum atomic E-state index is 0.243. The maximum absolute atomic E-state index is 12.0. The molecule has 0 N–H and O–H groups in total. The quantitative estimate of drug-likeness (QED) is 0.788. The monoisotopic (exact) mass is 298 g/mol. The van der Waals surface area contributed by atoms with Crippen LogP contribution in [0.3, 0.4) is 0 Å². The van der Waals surface area contributed by atoms with Crippen molar-refractivity contribution in [2.75, 3.05) is 0 Å². The predicted octanol–water partition coefficient (Wildman–Crippen LogP) is 3.97. The summed E-state index contributed by atoms with van der Waals surface area (Å²) in [4.78, 5) is 12.0. The highest BCUT2D eigenvalue weighted by molar-refractivity contribution is 6.31. The van der Waals surface area contributed by atoms with E-state index in [9.17, 15) is 4.79 Å². The molecule has 2 aromatic rings. The van der Waals surface area contributed by atoms with E-state index in [1.54, 1.807) is 12.1 Å². The molecular weight excluding hydrogens is 284 g/mol. The van der Waals surface area contributed by atoms with E-state index in [0.29, 0.717) is 23.6 Å². The molecule has 0 saturated heterocycles. The van der Waals surface area contributed by atoms with Gasteiger partial charge < -0.3 is 4.57 Å². The highest BCUT2D eigenvalue weighted by Crippen LogP contribution is 2.24. The first kappa shape index (κ1) is 13.9. The third kappa shape index (κ3) is 2.86. The van der Waals surface area contributed by atoms with Gasteiger partial charge in [0.2, 0.25) is 0 Å². The summed E-state index contributed by atoms with van der Waals surface area (Å²) < 4.78 is 2.02. The summed E-state index contributed by atoms with van der Waals surface area (Å²) in [6.45, 7) is 0.616. The van der Waals surface area contributed by atoms with E-state index < -0.39 is 0 Å². The maximum Gasteiger partial charge on any atom is 0.164 e. The highest BCUT2D eigenvalue weighted by atomic mass is 35.5. The zero-order chi connectivity index (χ0) is 14.8. The first-order valence-corrected chi connectivity index (χ1v) is 7.45. The number of aromatic nitrogens is 1. The van der Waals surface area contributed by atoms with Crippen LogP contribution in [0.15, 0.2) is 30.6 Å². The molecule has 106 valence electrons. The molecule has 0 saturated carbocycles. The predicted molar refractivity (Wildman–Crippen MR) is 81.6 cm³/mol. The van der Waals surface area contributed by atoms with Gasteiger partial charge in [0.1, 0.15) is 0 Å². The summed E-state index contributed by atoms with van der Waals surface area (Å²) in [6.07, 6.45) is 7.64. The van der Waals surface area contributed by atoms with E-state index >= 15 is 0 Å². The first-order chi connectivity index (χ1) is 10.2. The van der Waals surface area contributed by atoms with E-state index in [-0.39, 0.29) is 5.78 Å². The number of hydrogen-bond donors (Lipinski definition) is 0. The van der Waals surface area contributed by atoms with Gasteiger partial charge in [-0.15, -0.1) is 0 Å². The summed E-state index contributed by atoms with van der Waals surface area (Å²) in [5.41, 5.74) is 3.51. The normalized spacial score (nSPS) is 14.4. The van der Waals surface area contributed by atoms with Gasteiger partial charge in [-0.3, -0.25) is 4.79 Å². The molecule has 3 nitrogen and oxygen atoms in total. The number of Topliss-reactive ketones (excluding diaryl/α,β-unsaturated/α-hetero) is 1. The average molecular weight is 299 g/mol. The van der Waals surface area contributed by atoms with Crippen LogP contribution in [0.4, 0.5) is 0 Å². The van der Waals surface area contributed by atoms with Crippen LogP contribution < -0.4 is 0 Å². The number of ketones is 1.